The quantitative estimate of drug-likeness (QED) is 0.658. The number of thioether (sulfide) groups is 1. The molecule has 7 heteroatoms. The summed E-state index contributed by atoms with van der Waals surface area (Å²) in [7, 11) is 0. The molecule has 1 fully saturated rings. The van der Waals surface area contributed by atoms with Crippen LogP contribution < -0.4 is 0 Å². The number of carbonyl (C=O) groups is 1. The third kappa shape index (κ3) is 4.01. The Labute approximate surface area is 127 Å². The van der Waals surface area contributed by atoms with Gasteiger partial charge < -0.3 is 14.2 Å². The van der Waals surface area contributed by atoms with E-state index in [2.05, 4.69) is 0 Å². The first-order valence-corrected chi connectivity index (χ1v) is 7.00. The Morgan fingerprint density at radius 1 is 1.37 bits per heavy atom. The second kappa shape index (κ2) is 7.59. The Kier molecular flexibility index (Phi) is 6.44. The zero-order chi connectivity index (χ0) is 13.0. The van der Waals surface area contributed by atoms with Gasteiger partial charge in [0.15, 0.2) is 10.9 Å². The van der Waals surface area contributed by atoms with Crippen molar-refractivity contribution in [1.29, 1.82) is 5.41 Å². The van der Waals surface area contributed by atoms with Crippen LogP contribution in [0.2, 0.25) is 0 Å². The number of amides is 1. The van der Waals surface area contributed by atoms with Gasteiger partial charge in [-0.15, -0.1) is 17.0 Å². The lowest BCUT2D eigenvalue weighted by molar-refractivity contribution is 0.0661. The molecule has 1 saturated heterocycles. The first-order chi connectivity index (χ1) is 8.72. The molecule has 0 atom stereocenters. The molecule has 0 aliphatic carbocycles. The maximum absolute atomic E-state index is 12.0. The highest BCUT2D eigenvalue weighted by Gasteiger charge is 2.24. The van der Waals surface area contributed by atoms with Crippen molar-refractivity contribution in [3.63, 3.8) is 0 Å². The largest absolute Gasteiger partial charge is 0.459 e. The molecule has 1 amide bonds. The van der Waals surface area contributed by atoms with Gasteiger partial charge in [0, 0.05) is 26.2 Å². The summed E-state index contributed by atoms with van der Waals surface area (Å²) in [6.07, 6.45) is 1.51. The molecule has 1 aliphatic heterocycles. The normalized spacial score (nSPS) is 15.0. The van der Waals surface area contributed by atoms with Gasteiger partial charge in [0.25, 0.3) is 5.91 Å². The number of hydrogen-bond donors (Lipinski definition) is 1. The summed E-state index contributed by atoms with van der Waals surface area (Å²) in [6, 6.07) is 3.40. The lowest BCUT2D eigenvalue weighted by Gasteiger charge is -2.35. The summed E-state index contributed by atoms with van der Waals surface area (Å²) in [4.78, 5) is 15.8. The molecule has 1 aromatic rings. The molecular formula is C12H18BrN3O2S. The van der Waals surface area contributed by atoms with Crippen LogP contribution in [-0.4, -0.2) is 52.8 Å². The minimum absolute atomic E-state index is 0. The summed E-state index contributed by atoms with van der Waals surface area (Å²) in [5.41, 5.74) is 0. The highest BCUT2D eigenvalue weighted by molar-refractivity contribution is 8.93. The third-order valence-electron chi connectivity index (χ3n) is 2.87. The number of hydrogen-bond acceptors (Lipinski definition) is 4. The van der Waals surface area contributed by atoms with Crippen LogP contribution in [0.25, 0.3) is 0 Å². The van der Waals surface area contributed by atoms with E-state index in [0.717, 1.165) is 18.8 Å². The minimum Gasteiger partial charge on any atom is -0.459 e. The lowest BCUT2D eigenvalue weighted by Crippen LogP contribution is -2.49. The zero-order valence-electron chi connectivity index (χ0n) is 10.8. The van der Waals surface area contributed by atoms with E-state index in [9.17, 15) is 4.79 Å². The summed E-state index contributed by atoms with van der Waals surface area (Å²) < 4.78 is 5.11. The summed E-state index contributed by atoms with van der Waals surface area (Å²) in [5.74, 6) is 1.24. The van der Waals surface area contributed by atoms with Gasteiger partial charge in [-0.3, -0.25) is 10.2 Å². The van der Waals surface area contributed by atoms with Crippen molar-refractivity contribution in [1.82, 2.24) is 9.80 Å². The Bertz CT molecular complexity index is 417. The van der Waals surface area contributed by atoms with E-state index < -0.39 is 0 Å². The summed E-state index contributed by atoms with van der Waals surface area (Å²) in [5, 5.41) is 8.46. The Balaban J connectivity index is 0.00000180. The van der Waals surface area contributed by atoms with Crippen LogP contribution >= 0.6 is 28.7 Å². The molecule has 1 aromatic heterocycles. The summed E-state index contributed by atoms with van der Waals surface area (Å²) in [6.45, 7) is 4.77. The van der Waals surface area contributed by atoms with Crippen molar-refractivity contribution in [2.75, 3.05) is 31.9 Å². The molecule has 0 bridgehead atoms. The fourth-order valence-corrected chi connectivity index (χ4v) is 2.54. The Morgan fingerprint density at radius 3 is 2.53 bits per heavy atom. The second-order valence-electron chi connectivity index (χ2n) is 3.99. The second-order valence-corrected chi connectivity index (χ2v) is 5.25. The lowest BCUT2D eigenvalue weighted by atomic mass is 10.3. The van der Waals surface area contributed by atoms with E-state index in [1.165, 1.54) is 18.0 Å². The van der Waals surface area contributed by atoms with Crippen LogP contribution in [0.1, 0.15) is 17.5 Å². The van der Waals surface area contributed by atoms with Gasteiger partial charge in [-0.25, -0.2) is 0 Å². The standard InChI is InChI=1S/C12H17N3O2S.BrH/c1-2-18-12(13)15-7-5-14(6-8-15)11(16)10-4-3-9-17-10;/h3-4,9,13H,2,5-8H2,1H3;1H. The van der Waals surface area contributed by atoms with Crippen molar-refractivity contribution in [3.8, 4) is 0 Å². The molecule has 2 heterocycles. The van der Waals surface area contributed by atoms with Crippen LogP contribution in [0.3, 0.4) is 0 Å². The van der Waals surface area contributed by atoms with Gasteiger partial charge >= 0.3 is 0 Å². The molecule has 0 unspecified atom stereocenters. The van der Waals surface area contributed by atoms with Gasteiger partial charge in [-0.2, -0.15) is 0 Å². The number of halogens is 1. The smallest absolute Gasteiger partial charge is 0.289 e. The van der Waals surface area contributed by atoms with E-state index in [1.807, 2.05) is 11.8 Å². The highest BCUT2D eigenvalue weighted by Crippen LogP contribution is 2.13. The molecular weight excluding hydrogens is 330 g/mol. The maximum atomic E-state index is 12.0. The maximum Gasteiger partial charge on any atom is 0.289 e. The Morgan fingerprint density at radius 2 is 2.00 bits per heavy atom. The van der Waals surface area contributed by atoms with Gasteiger partial charge in [0.05, 0.1) is 6.26 Å². The van der Waals surface area contributed by atoms with Gasteiger partial charge in [-0.1, -0.05) is 18.7 Å². The van der Waals surface area contributed by atoms with E-state index in [4.69, 9.17) is 9.83 Å². The molecule has 0 saturated carbocycles. The third-order valence-corrected chi connectivity index (χ3v) is 3.69. The van der Waals surface area contributed by atoms with Gasteiger partial charge in [0.1, 0.15) is 0 Å². The first-order valence-electron chi connectivity index (χ1n) is 6.01. The van der Waals surface area contributed by atoms with E-state index in [-0.39, 0.29) is 22.9 Å². The van der Waals surface area contributed by atoms with Crippen molar-refractivity contribution < 1.29 is 9.21 Å². The number of rotatable bonds is 2. The van der Waals surface area contributed by atoms with Crippen molar-refractivity contribution in [2.45, 2.75) is 6.92 Å². The van der Waals surface area contributed by atoms with Crippen LogP contribution in [0.4, 0.5) is 0 Å². The number of amidine groups is 1. The number of furan rings is 1. The van der Waals surface area contributed by atoms with Crippen molar-refractivity contribution in [2.24, 2.45) is 0 Å². The molecule has 1 N–H and O–H groups in total. The monoisotopic (exact) mass is 347 g/mol. The topological polar surface area (TPSA) is 60.5 Å². The molecule has 0 radical (unpaired) electrons. The first kappa shape index (κ1) is 16.1. The molecule has 2 rings (SSSR count). The summed E-state index contributed by atoms with van der Waals surface area (Å²) >= 11 is 1.53. The number of nitrogens with one attached hydrogen (secondary N) is 1. The molecule has 0 aromatic carbocycles. The predicted octanol–water partition coefficient (Wildman–Crippen LogP) is 2.30. The van der Waals surface area contributed by atoms with E-state index in [0.29, 0.717) is 24.0 Å². The van der Waals surface area contributed by atoms with E-state index in [1.54, 1.807) is 17.0 Å². The van der Waals surface area contributed by atoms with Crippen LogP contribution in [0.15, 0.2) is 22.8 Å². The molecule has 0 spiro atoms. The van der Waals surface area contributed by atoms with Crippen LogP contribution in [0, 0.1) is 5.41 Å². The number of piperazine rings is 1. The van der Waals surface area contributed by atoms with E-state index >= 15 is 0 Å². The fraction of sp³-hybridized carbons (Fsp3) is 0.500. The molecule has 5 nitrogen and oxygen atoms in total. The molecule has 19 heavy (non-hydrogen) atoms. The average molecular weight is 348 g/mol. The number of carbonyl (C=O) groups excluding carboxylic acids is 1. The van der Waals surface area contributed by atoms with Crippen LogP contribution in [0.5, 0.6) is 0 Å². The zero-order valence-corrected chi connectivity index (χ0v) is 13.3. The van der Waals surface area contributed by atoms with Crippen molar-refractivity contribution in [3.05, 3.63) is 24.2 Å². The number of nitrogens with zero attached hydrogens (tertiary/aromatic N) is 2. The predicted molar refractivity (Wildman–Crippen MR) is 82.4 cm³/mol. The van der Waals surface area contributed by atoms with Gasteiger partial charge in [-0.05, 0) is 17.9 Å². The van der Waals surface area contributed by atoms with Crippen molar-refractivity contribution >= 4 is 39.8 Å². The van der Waals surface area contributed by atoms with Crippen LogP contribution in [-0.2, 0) is 0 Å². The fourth-order valence-electron chi connectivity index (χ4n) is 1.90. The highest BCUT2D eigenvalue weighted by atomic mass is 79.9. The van der Waals surface area contributed by atoms with Gasteiger partial charge in [0.2, 0.25) is 0 Å². The molecule has 1 aliphatic rings. The molecule has 106 valence electrons. The average Bonchev–Trinajstić information content (AvgIpc) is 2.92. The Hall–Kier alpha value is -0.950. The SMILES string of the molecule is Br.CCSC(=N)N1CCN(C(=O)c2ccco2)CC1. The minimum atomic E-state index is -0.0608.